The van der Waals surface area contributed by atoms with Crippen LogP contribution in [0.1, 0.15) is 53.5 Å². The first-order valence-corrected chi connectivity index (χ1v) is 23.8. The van der Waals surface area contributed by atoms with E-state index < -0.39 is 0 Å². The first-order chi connectivity index (χ1) is 32.7. The van der Waals surface area contributed by atoms with Gasteiger partial charge >= 0.3 is 0 Å². The van der Waals surface area contributed by atoms with E-state index in [1.165, 1.54) is 122 Å². The van der Waals surface area contributed by atoms with E-state index in [0.29, 0.717) is 0 Å². The maximum Gasteiger partial charge on any atom is 0.137 e. The van der Waals surface area contributed by atoms with Crippen LogP contribution in [0.5, 0.6) is 0 Å². The summed E-state index contributed by atoms with van der Waals surface area (Å²) in [5.74, 6) is 1.92. The molecule has 0 radical (unpaired) electrons. The molecule has 10 aromatic rings. The molecule has 0 saturated heterocycles. The van der Waals surface area contributed by atoms with Crippen LogP contribution in [-0.2, 0) is 25.7 Å². The fraction of sp³-hybridized carbons (Fsp3) is 0.129. The third-order valence-electron chi connectivity index (χ3n) is 14.9. The topological polar surface area (TPSA) is 35.6 Å². The van der Waals surface area contributed by atoms with Crippen molar-refractivity contribution in [1.29, 1.82) is 0 Å². The molecule has 0 amide bonds. The predicted octanol–water partition coefficient (Wildman–Crippen LogP) is 15.2. The van der Waals surface area contributed by atoms with Crippen LogP contribution >= 0.6 is 0 Å². The number of benzene rings is 6. The van der Waals surface area contributed by atoms with Crippen molar-refractivity contribution in [1.82, 2.24) is 19.1 Å². The molecule has 14 rings (SSSR count). The van der Waals surface area contributed by atoms with E-state index in [1.54, 1.807) is 0 Å². The van der Waals surface area contributed by atoms with Crippen molar-refractivity contribution in [2.45, 2.75) is 51.4 Å². The number of nitrogens with zero attached hydrogens (tertiary/aromatic N) is 4. The Bertz CT molecular complexity index is 3780. The number of rotatable bonds is 6. The fourth-order valence-corrected chi connectivity index (χ4v) is 12.0. The SMILES string of the molecule is C1=CCCC(C2=CC(c3ccc4c(c3)c3cc5c6c(c3n4-c3ccccn3)CCc3cc4c7cc(-c8cccc(-c9ccccc9)c8)ccc7n(-c7ccccn7)c4c(c3-6)CC5)=CCC2)=C1. The monoisotopic (exact) mass is 846 g/mol. The lowest BCUT2D eigenvalue weighted by molar-refractivity contribution is 0.881. The second-order valence-corrected chi connectivity index (χ2v) is 18.6. The molecule has 0 fully saturated rings. The van der Waals surface area contributed by atoms with Gasteiger partial charge in [-0.25, -0.2) is 9.97 Å². The van der Waals surface area contributed by atoms with Gasteiger partial charge in [-0.05, 0) is 196 Å². The normalized spacial score (nSPS) is 15.3. The van der Waals surface area contributed by atoms with Gasteiger partial charge in [0.2, 0.25) is 0 Å². The first-order valence-electron chi connectivity index (χ1n) is 23.8. The van der Waals surface area contributed by atoms with E-state index in [4.69, 9.17) is 9.97 Å². The van der Waals surface area contributed by atoms with Crippen LogP contribution in [0.25, 0.3) is 94.2 Å². The van der Waals surface area contributed by atoms with Crippen LogP contribution in [0.2, 0.25) is 0 Å². The average molecular weight is 847 g/mol. The predicted molar refractivity (Wildman–Crippen MR) is 274 cm³/mol. The summed E-state index contributed by atoms with van der Waals surface area (Å²) >= 11 is 0. The molecule has 4 aliphatic carbocycles. The summed E-state index contributed by atoms with van der Waals surface area (Å²) in [6.07, 6.45) is 24.0. The Hall–Kier alpha value is -7.82. The molecule has 6 aromatic carbocycles. The van der Waals surface area contributed by atoms with Crippen molar-refractivity contribution in [2.24, 2.45) is 0 Å². The van der Waals surface area contributed by atoms with Gasteiger partial charge in [-0.1, -0.05) is 103 Å². The summed E-state index contributed by atoms with van der Waals surface area (Å²) in [6.45, 7) is 0. The van der Waals surface area contributed by atoms with Gasteiger partial charge in [-0.2, -0.15) is 0 Å². The molecule has 66 heavy (non-hydrogen) atoms. The van der Waals surface area contributed by atoms with Gasteiger partial charge in [0.25, 0.3) is 0 Å². The van der Waals surface area contributed by atoms with Gasteiger partial charge in [0.1, 0.15) is 11.6 Å². The van der Waals surface area contributed by atoms with Crippen LogP contribution in [0.4, 0.5) is 0 Å². The molecule has 4 aliphatic rings. The summed E-state index contributed by atoms with van der Waals surface area (Å²) in [4.78, 5) is 10.0. The van der Waals surface area contributed by atoms with Crippen LogP contribution in [-0.4, -0.2) is 19.1 Å². The molecule has 4 nitrogen and oxygen atoms in total. The zero-order valence-corrected chi connectivity index (χ0v) is 36.8. The Morgan fingerprint density at radius 2 is 1.00 bits per heavy atom. The van der Waals surface area contributed by atoms with Gasteiger partial charge < -0.3 is 0 Å². The van der Waals surface area contributed by atoms with Gasteiger partial charge in [-0.3, -0.25) is 9.13 Å². The molecule has 314 valence electrons. The van der Waals surface area contributed by atoms with Crippen molar-refractivity contribution >= 4 is 49.2 Å². The van der Waals surface area contributed by atoms with Gasteiger partial charge in [0.05, 0.1) is 22.1 Å². The molecule has 0 spiro atoms. The summed E-state index contributed by atoms with van der Waals surface area (Å²) in [5.41, 5.74) is 24.2. The van der Waals surface area contributed by atoms with E-state index in [9.17, 15) is 0 Å². The molecular weight excluding hydrogens is 801 g/mol. The van der Waals surface area contributed by atoms with Crippen molar-refractivity contribution < 1.29 is 0 Å². The lowest BCUT2D eigenvalue weighted by Gasteiger charge is -2.31. The lowest BCUT2D eigenvalue weighted by atomic mass is 9.74. The second kappa shape index (κ2) is 14.9. The van der Waals surface area contributed by atoms with Gasteiger partial charge in [0.15, 0.2) is 0 Å². The maximum atomic E-state index is 5.02. The van der Waals surface area contributed by atoms with Crippen molar-refractivity contribution in [2.75, 3.05) is 0 Å². The molecule has 0 atom stereocenters. The van der Waals surface area contributed by atoms with Crippen LogP contribution in [0.15, 0.2) is 193 Å². The molecule has 0 N–H and O–H groups in total. The minimum Gasteiger partial charge on any atom is -0.293 e. The number of aryl methyl sites for hydroxylation is 4. The minimum absolute atomic E-state index is 0.957. The second-order valence-electron chi connectivity index (χ2n) is 18.6. The summed E-state index contributed by atoms with van der Waals surface area (Å²) < 4.78 is 4.92. The van der Waals surface area contributed by atoms with E-state index in [0.717, 1.165) is 63.0 Å². The zero-order valence-electron chi connectivity index (χ0n) is 36.8. The van der Waals surface area contributed by atoms with Crippen LogP contribution in [0, 0.1) is 0 Å². The largest absolute Gasteiger partial charge is 0.293 e. The molecule has 0 aliphatic heterocycles. The Morgan fingerprint density at radius 1 is 0.424 bits per heavy atom. The number of hydrogen-bond donors (Lipinski definition) is 0. The Morgan fingerprint density at radius 3 is 1.62 bits per heavy atom. The zero-order chi connectivity index (χ0) is 43.3. The molecule has 4 heterocycles. The Balaban J connectivity index is 0.986. The summed E-state index contributed by atoms with van der Waals surface area (Å²) in [6, 6.07) is 51.6. The van der Waals surface area contributed by atoms with Gasteiger partial charge in [0, 0.05) is 33.9 Å². The highest BCUT2D eigenvalue weighted by Gasteiger charge is 2.33. The minimum atomic E-state index is 0.957. The first kappa shape index (κ1) is 37.5. The lowest BCUT2D eigenvalue weighted by Crippen LogP contribution is -2.16. The molecular formula is C62H46N4. The molecule has 4 heteroatoms. The fourth-order valence-electron chi connectivity index (χ4n) is 12.0. The average Bonchev–Trinajstić information content (AvgIpc) is 3.90. The molecule has 0 bridgehead atoms. The maximum absolute atomic E-state index is 5.02. The van der Waals surface area contributed by atoms with E-state index in [1.807, 2.05) is 24.5 Å². The van der Waals surface area contributed by atoms with Crippen LogP contribution < -0.4 is 0 Å². The number of hydrogen-bond acceptors (Lipinski definition) is 2. The standard InChI is InChI=1S/C62H46N4/c1-3-13-39(14-4-1)41-17-11-19-43(33-41)45-25-29-55-51(35-45)53-37-47-23-28-50-60-48(24-27-49(59(47)60)61(53)65(55)57-21-7-9-31-63-57)38-54-52-36-46(44-20-12-18-42(34-44)40-15-5-2-6-16-40)26-30-56(52)66(62(50)54)58-22-8-10-32-64-58/h1-5,7-11,13-15,17,19-22,25-26,29-38H,6,12,16,18,23-24,27-28H2. The van der Waals surface area contributed by atoms with Crippen molar-refractivity contribution in [3.05, 3.63) is 221 Å². The number of pyridine rings is 2. The number of aromatic nitrogens is 4. The van der Waals surface area contributed by atoms with Crippen LogP contribution in [0.3, 0.4) is 0 Å². The van der Waals surface area contributed by atoms with Gasteiger partial charge in [-0.15, -0.1) is 0 Å². The number of fused-ring (bicyclic) bond motifs is 8. The molecule has 0 saturated carbocycles. The Kier molecular flexibility index (Phi) is 8.46. The quantitative estimate of drug-likeness (QED) is 0.167. The third kappa shape index (κ3) is 5.77. The van der Waals surface area contributed by atoms with E-state index in [-0.39, 0.29) is 0 Å². The van der Waals surface area contributed by atoms with Crippen molar-refractivity contribution in [3.63, 3.8) is 0 Å². The summed E-state index contributed by atoms with van der Waals surface area (Å²) in [5, 5.41) is 5.24. The highest BCUT2D eigenvalue weighted by Crippen LogP contribution is 2.51. The highest BCUT2D eigenvalue weighted by atomic mass is 15.1. The molecule has 0 unspecified atom stereocenters. The number of allylic oxidation sites excluding steroid dienone is 8. The van der Waals surface area contributed by atoms with E-state index >= 15 is 0 Å². The van der Waals surface area contributed by atoms with Crippen molar-refractivity contribution in [3.8, 4) is 45.0 Å². The highest BCUT2D eigenvalue weighted by molar-refractivity contribution is 6.16. The van der Waals surface area contributed by atoms with E-state index in [2.05, 4.69) is 167 Å². The third-order valence-corrected chi connectivity index (χ3v) is 14.9. The smallest absolute Gasteiger partial charge is 0.137 e. The Labute approximate surface area is 384 Å². The molecule has 4 aromatic heterocycles. The summed E-state index contributed by atoms with van der Waals surface area (Å²) in [7, 11) is 0.